The Labute approximate surface area is 241 Å². The Morgan fingerprint density at radius 1 is 1.05 bits per heavy atom. The molecule has 4 aromatic rings. The van der Waals surface area contributed by atoms with Crippen LogP contribution < -0.4 is 24.4 Å². The van der Waals surface area contributed by atoms with Crippen LogP contribution in [0.4, 0.5) is 5.82 Å². The van der Waals surface area contributed by atoms with Gasteiger partial charge in [-0.1, -0.05) is 36.4 Å². The van der Waals surface area contributed by atoms with Crippen molar-refractivity contribution in [3.63, 3.8) is 0 Å². The molecule has 0 spiro atoms. The largest absolute Gasteiger partial charge is 0.497 e. The van der Waals surface area contributed by atoms with Crippen molar-refractivity contribution in [1.29, 1.82) is 0 Å². The number of benzene rings is 3. The average molecular weight is 569 g/mol. The molecular weight excluding hydrogens is 540 g/mol. The van der Waals surface area contributed by atoms with Crippen LogP contribution >= 0.6 is 11.8 Å². The van der Waals surface area contributed by atoms with E-state index in [2.05, 4.69) is 5.32 Å². The Balaban J connectivity index is 1.45. The standard InChI is InChI=1S/C31H28N4O5S/c1-38-23-12-10-22(11-13-23)35-31-28(29(33-35)19-5-3-2-4-6-19)30(20-7-14-24-25(15-20)40-18-39-24)41-17-27(37)34(31)16-26(36)32-21-8-9-21/h2-7,10-15,21,30H,8-9,16-18H2,1H3,(H,32,36)/t30-/m0/s1. The number of methoxy groups -OCH3 is 1. The van der Waals surface area contributed by atoms with Crippen molar-refractivity contribution >= 4 is 29.4 Å². The zero-order valence-electron chi connectivity index (χ0n) is 22.4. The highest BCUT2D eigenvalue weighted by molar-refractivity contribution is 8.00. The molecule has 3 aromatic carbocycles. The third kappa shape index (κ3) is 4.88. The maximum Gasteiger partial charge on any atom is 0.240 e. The van der Waals surface area contributed by atoms with Gasteiger partial charge in [0.1, 0.15) is 18.1 Å². The topological polar surface area (TPSA) is 94.9 Å². The van der Waals surface area contributed by atoms with Crippen molar-refractivity contribution in [3.05, 3.63) is 83.9 Å². The first kappa shape index (κ1) is 25.5. The second kappa shape index (κ2) is 10.5. The SMILES string of the molecule is COc1ccc(-n2nc(-c3ccccc3)c3c2N(CC(=O)NC2CC2)C(=O)CS[C@H]3c2ccc3c(c2)OCO3)cc1. The highest BCUT2D eigenvalue weighted by Gasteiger charge is 2.38. The summed E-state index contributed by atoms with van der Waals surface area (Å²) in [6, 6.07) is 23.5. The smallest absolute Gasteiger partial charge is 0.240 e. The Kier molecular flexibility index (Phi) is 6.54. The second-order valence-electron chi connectivity index (χ2n) is 10.2. The Morgan fingerprint density at radius 3 is 2.59 bits per heavy atom. The molecule has 0 radical (unpaired) electrons. The molecule has 1 fully saturated rings. The van der Waals surface area contributed by atoms with Crippen LogP contribution in [0.15, 0.2) is 72.8 Å². The van der Waals surface area contributed by atoms with Crippen LogP contribution in [-0.4, -0.2) is 53.8 Å². The van der Waals surface area contributed by atoms with Crippen molar-refractivity contribution in [2.75, 3.05) is 31.1 Å². The average Bonchev–Trinajstić information content (AvgIpc) is 3.58. The minimum Gasteiger partial charge on any atom is -0.497 e. The lowest BCUT2D eigenvalue weighted by molar-refractivity contribution is -0.123. The zero-order chi connectivity index (χ0) is 27.9. The molecule has 208 valence electrons. The fourth-order valence-electron chi connectivity index (χ4n) is 5.22. The first-order chi connectivity index (χ1) is 20.1. The van der Waals surface area contributed by atoms with Crippen LogP contribution in [0.5, 0.6) is 17.2 Å². The van der Waals surface area contributed by atoms with Crippen molar-refractivity contribution in [2.45, 2.75) is 24.1 Å². The van der Waals surface area contributed by atoms with Gasteiger partial charge in [-0.25, -0.2) is 4.68 Å². The predicted molar refractivity (Wildman–Crippen MR) is 156 cm³/mol. The molecule has 1 saturated carbocycles. The van der Waals surface area contributed by atoms with Gasteiger partial charge in [-0.3, -0.25) is 14.5 Å². The number of carbonyl (C=O) groups is 2. The van der Waals surface area contributed by atoms with E-state index in [0.29, 0.717) is 23.1 Å². The number of hydrogen-bond donors (Lipinski definition) is 1. The molecule has 1 N–H and O–H groups in total. The maximum atomic E-state index is 13.8. The number of aromatic nitrogens is 2. The summed E-state index contributed by atoms with van der Waals surface area (Å²) in [5, 5.41) is 7.90. The van der Waals surface area contributed by atoms with E-state index in [1.165, 1.54) is 11.8 Å². The van der Waals surface area contributed by atoms with Crippen LogP contribution in [0.3, 0.4) is 0 Å². The van der Waals surface area contributed by atoms with Crippen LogP contribution in [0.2, 0.25) is 0 Å². The number of nitrogens with zero attached hydrogens (tertiary/aromatic N) is 3. The molecule has 9 nitrogen and oxygen atoms in total. The van der Waals surface area contributed by atoms with Crippen molar-refractivity contribution in [3.8, 4) is 34.2 Å². The number of hydrogen-bond acceptors (Lipinski definition) is 7. The minimum atomic E-state index is -0.262. The number of carbonyl (C=O) groups excluding carboxylic acids is 2. The number of thioether (sulfide) groups is 1. The molecule has 0 saturated heterocycles. The summed E-state index contributed by atoms with van der Waals surface area (Å²) < 4.78 is 18.4. The molecule has 0 bridgehead atoms. The molecule has 2 aliphatic heterocycles. The van der Waals surface area contributed by atoms with Gasteiger partial charge in [0.2, 0.25) is 18.6 Å². The normalized spacial score (nSPS) is 17.6. The van der Waals surface area contributed by atoms with Gasteiger partial charge >= 0.3 is 0 Å². The van der Waals surface area contributed by atoms with E-state index >= 15 is 0 Å². The van der Waals surface area contributed by atoms with Gasteiger partial charge in [-0.2, -0.15) is 5.10 Å². The van der Waals surface area contributed by atoms with E-state index < -0.39 is 0 Å². The lowest BCUT2D eigenvalue weighted by Gasteiger charge is -2.23. The molecule has 1 aliphatic carbocycles. The number of amides is 2. The van der Waals surface area contributed by atoms with Crippen molar-refractivity contribution in [2.24, 2.45) is 0 Å². The van der Waals surface area contributed by atoms with E-state index in [-0.39, 0.29) is 42.2 Å². The third-order valence-electron chi connectivity index (χ3n) is 7.40. The number of fused-ring (bicyclic) bond motifs is 2. The van der Waals surface area contributed by atoms with Crippen molar-refractivity contribution < 1.29 is 23.8 Å². The van der Waals surface area contributed by atoms with Gasteiger partial charge in [-0.05, 0) is 54.8 Å². The molecule has 7 rings (SSSR count). The van der Waals surface area contributed by atoms with Crippen molar-refractivity contribution in [1.82, 2.24) is 15.1 Å². The van der Waals surface area contributed by atoms with Crippen LogP contribution in [0, 0.1) is 0 Å². The summed E-state index contributed by atoms with van der Waals surface area (Å²) >= 11 is 1.52. The molecule has 1 aromatic heterocycles. The van der Waals surface area contributed by atoms with Gasteiger partial charge in [0, 0.05) is 17.2 Å². The van der Waals surface area contributed by atoms with Crippen LogP contribution in [0.25, 0.3) is 16.9 Å². The Bertz CT molecular complexity index is 1620. The second-order valence-corrected chi connectivity index (χ2v) is 11.3. The lowest BCUT2D eigenvalue weighted by atomic mass is 9.99. The molecule has 0 unspecified atom stereocenters. The highest BCUT2D eigenvalue weighted by atomic mass is 32.2. The number of rotatable bonds is 7. The van der Waals surface area contributed by atoms with E-state index in [0.717, 1.165) is 40.9 Å². The summed E-state index contributed by atoms with van der Waals surface area (Å²) in [6.45, 7) is 0.0850. The Hall–Kier alpha value is -4.44. The molecule has 1 atom stereocenters. The lowest BCUT2D eigenvalue weighted by Crippen LogP contribution is -2.43. The maximum absolute atomic E-state index is 13.8. The summed E-state index contributed by atoms with van der Waals surface area (Å²) in [4.78, 5) is 28.5. The van der Waals surface area contributed by atoms with E-state index in [1.54, 1.807) is 16.7 Å². The number of nitrogens with one attached hydrogen (secondary N) is 1. The van der Waals surface area contributed by atoms with Gasteiger partial charge in [0.05, 0.1) is 29.5 Å². The molecule has 3 aliphatic rings. The number of ether oxygens (including phenoxy) is 3. The fraction of sp³-hybridized carbons (Fsp3) is 0.258. The monoisotopic (exact) mass is 568 g/mol. The van der Waals surface area contributed by atoms with Gasteiger partial charge < -0.3 is 19.5 Å². The van der Waals surface area contributed by atoms with E-state index in [9.17, 15) is 9.59 Å². The highest BCUT2D eigenvalue weighted by Crippen LogP contribution is 2.50. The summed E-state index contributed by atoms with van der Waals surface area (Å²) in [6.07, 6.45) is 1.93. The predicted octanol–water partition coefficient (Wildman–Crippen LogP) is 4.72. The van der Waals surface area contributed by atoms with E-state index in [1.807, 2.05) is 72.8 Å². The molecule has 3 heterocycles. The molecular formula is C31H28N4O5S. The molecule has 41 heavy (non-hydrogen) atoms. The first-order valence-electron chi connectivity index (χ1n) is 13.5. The summed E-state index contributed by atoms with van der Waals surface area (Å²) in [5.41, 5.74) is 4.24. The molecule has 10 heteroatoms. The van der Waals surface area contributed by atoms with Crippen LogP contribution in [0.1, 0.15) is 29.2 Å². The summed E-state index contributed by atoms with van der Waals surface area (Å²) in [7, 11) is 1.62. The van der Waals surface area contributed by atoms with Gasteiger partial charge in [0.15, 0.2) is 11.5 Å². The third-order valence-corrected chi connectivity index (χ3v) is 8.65. The quantitative estimate of drug-likeness (QED) is 0.345. The fourth-order valence-corrected chi connectivity index (χ4v) is 6.40. The van der Waals surface area contributed by atoms with E-state index in [4.69, 9.17) is 19.3 Å². The van der Waals surface area contributed by atoms with Gasteiger partial charge in [-0.15, -0.1) is 11.8 Å². The number of anilines is 1. The Morgan fingerprint density at radius 2 is 1.83 bits per heavy atom. The summed E-state index contributed by atoms with van der Waals surface area (Å²) in [5.74, 6) is 2.52. The first-order valence-corrected chi connectivity index (χ1v) is 14.6. The minimum absolute atomic E-state index is 0.0904. The van der Waals surface area contributed by atoms with Crippen LogP contribution in [-0.2, 0) is 9.59 Å². The van der Waals surface area contributed by atoms with Gasteiger partial charge in [0.25, 0.3) is 0 Å². The zero-order valence-corrected chi connectivity index (χ0v) is 23.2. The molecule has 2 amide bonds.